The third-order valence-electron chi connectivity index (χ3n) is 4.01. The maximum absolute atomic E-state index is 10.3. The molecule has 1 heterocycles. The first-order valence-electron chi connectivity index (χ1n) is 6.77. The van der Waals surface area contributed by atoms with Crippen molar-refractivity contribution in [3.63, 3.8) is 0 Å². The largest absolute Gasteiger partial charge is 0.387 e. The van der Waals surface area contributed by atoms with Crippen LogP contribution in [-0.4, -0.2) is 28.6 Å². The van der Waals surface area contributed by atoms with Gasteiger partial charge in [-0.25, -0.2) is 0 Å². The van der Waals surface area contributed by atoms with Crippen LogP contribution in [0.25, 0.3) is 0 Å². The zero-order valence-electron chi connectivity index (χ0n) is 11.1. The van der Waals surface area contributed by atoms with E-state index in [1.165, 1.54) is 19.3 Å². The number of aliphatic hydroxyl groups excluding tert-OH is 1. The van der Waals surface area contributed by atoms with Gasteiger partial charge in [-0.2, -0.15) is 0 Å². The summed E-state index contributed by atoms with van der Waals surface area (Å²) < 4.78 is 0. The summed E-state index contributed by atoms with van der Waals surface area (Å²) in [6.45, 7) is 5.22. The van der Waals surface area contributed by atoms with Gasteiger partial charge in [-0.1, -0.05) is 30.2 Å². The number of piperidine rings is 1. The molecule has 1 N–H and O–H groups in total. The number of aliphatic hydroxyl groups is 1. The van der Waals surface area contributed by atoms with Crippen LogP contribution in [0.2, 0.25) is 5.02 Å². The summed E-state index contributed by atoms with van der Waals surface area (Å²) in [5.74, 6) is 0. The Balaban J connectivity index is 2.01. The Labute approximate surface area is 115 Å². The van der Waals surface area contributed by atoms with Crippen molar-refractivity contribution < 1.29 is 5.11 Å². The van der Waals surface area contributed by atoms with Gasteiger partial charge in [-0.05, 0) is 44.4 Å². The molecule has 1 aromatic carbocycles. The van der Waals surface area contributed by atoms with Crippen molar-refractivity contribution in [2.45, 2.75) is 51.3 Å². The van der Waals surface area contributed by atoms with E-state index >= 15 is 0 Å². The number of benzene rings is 1. The molecule has 1 aromatic rings. The molecule has 3 atom stereocenters. The molecule has 2 nitrogen and oxygen atoms in total. The van der Waals surface area contributed by atoms with Crippen LogP contribution in [0.3, 0.4) is 0 Å². The van der Waals surface area contributed by atoms with E-state index in [1.54, 1.807) is 0 Å². The van der Waals surface area contributed by atoms with Gasteiger partial charge in [0.25, 0.3) is 0 Å². The fourth-order valence-electron chi connectivity index (χ4n) is 2.82. The Kier molecular flexibility index (Phi) is 4.66. The Morgan fingerprint density at radius 1 is 1.22 bits per heavy atom. The van der Waals surface area contributed by atoms with Crippen LogP contribution in [0, 0.1) is 0 Å². The maximum Gasteiger partial charge on any atom is 0.0917 e. The lowest BCUT2D eigenvalue weighted by Gasteiger charge is -2.40. The second-order valence-corrected chi connectivity index (χ2v) is 5.83. The van der Waals surface area contributed by atoms with E-state index < -0.39 is 6.10 Å². The van der Waals surface area contributed by atoms with Crippen molar-refractivity contribution in [3.05, 3.63) is 34.9 Å². The fraction of sp³-hybridized carbons (Fsp3) is 0.600. The molecule has 2 rings (SSSR count). The van der Waals surface area contributed by atoms with Gasteiger partial charge >= 0.3 is 0 Å². The molecule has 0 aromatic heterocycles. The summed E-state index contributed by atoms with van der Waals surface area (Å²) in [6.07, 6.45) is 3.34. The van der Waals surface area contributed by atoms with Gasteiger partial charge in [0.05, 0.1) is 6.10 Å². The average Bonchev–Trinajstić information content (AvgIpc) is 2.34. The molecule has 3 heteroatoms. The minimum atomic E-state index is -0.426. The Morgan fingerprint density at radius 2 is 1.78 bits per heavy atom. The van der Waals surface area contributed by atoms with E-state index in [0.717, 1.165) is 5.56 Å². The molecule has 0 bridgehead atoms. The lowest BCUT2D eigenvalue weighted by atomic mass is 9.96. The zero-order chi connectivity index (χ0) is 13.1. The summed E-state index contributed by atoms with van der Waals surface area (Å²) in [5, 5.41) is 11.0. The van der Waals surface area contributed by atoms with Gasteiger partial charge in [-0.3, -0.25) is 4.90 Å². The van der Waals surface area contributed by atoms with Crippen molar-refractivity contribution >= 4 is 11.6 Å². The van der Waals surface area contributed by atoms with E-state index in [-0.39, 0.29) is 0 Å². The van der Waals surface area contributed by atoms with Crippen LogP contribution >= 0.6 is 11.6 Å². The first-order valence-corrected chi connectivity index (χ1v) is 7.15. The highest BCUT2D eigenvalue weighted by molar-refractivity contribution is 6.30. The second-order valence-electron chi connectivity index (χ2n) is 5.39. The average molecular weight is 268 g/mol. The molecule has 18 heavy (non-hydrogen) atoms. The molecule has 0 amide bonds. The molecule has 1 fully saturated rings. The molecule has 1 aliphatic rings. The van der Waals surface area contributed by atoms with Gasteiger partial charge < -0.3 is 5.11 Å². The Morgan fingerprint density at radius 3 is 2.33 bits per heavy atom. The third kappa shape index (κ3) is 3.25. The second kappa shape index (κ2) is 6.05. The van der Waals surface area contributed by atoms with E-state index in [0.29, 0.717) is 23.7 Å². The molecule has 0 radical (unpaired) electrons. The lowest BCUT2D eigenvalue weighted by Crippen LogP contribution is -2.45. The predicted molar refractivity (Wildman–Crippen MR) is 75.9 cm³/mol. The van der Waals surface area contributed by atoms with E-state index in [4.69, 9.17) is 11.6 Å². The fourth-order valence-corrected chi connectivity index (χ4v) is 2.95. The van der Waals surface area contributed by atoms with Crippen molar-refractivity contribution in [2.75, 3.05) is 6.54 Å². The molecule has 0 spiro atoms. The number of hydrogen-bond donors (Lipinski definition) is 1. The molecule has 3 unspecified atom stereocenters. The number of halogens is 1. The molecule has 0 saturated carbocycles. The lowest BCUT2D eigenvalue weighted by molar-refractivity contribution is 0.0412. The van der Waals surface area contributed by atoms with E-state index in [2.05, 4.69) is 18.7 Å². The van der Waals surface area contributed by atoms with Crippen LogP contribution in [0.1, 0.15) is 44.8 Å². The summed E-state index contributed by atoms with van der Waals surface area (Å²) in [7, 11) is 0. The SMILES string of the molecule is CC1CCCC(C)N1CC(O)c1ccc(Cl)cc1. The van der Waals surface area contributed by atoms with Gasteiger partial charge in [-0.15, -0.1) is 0 Å². The quantitative estimate of drug-likeness (QED) is 0.904. The van der Waals surface area contributed by atoms with Crippen LogP contribution in [0.15, 0.2) is 24.3 Å². The highest BCUT2D eigenvalue weighted by Gasteiger charge is 2.26. The summed E-state index contributed by atoms with van der Waals surface area (Å²) in [6, 6.07) is 8.62. The van der Waals surface area contributed by atoms with Crippen LogP contribution < -0.4 is 0 Å². The van der Waals surface area contributed by atoms with E-state index in [9.17, 15) is 5.11 Å². The van der Waals surface area contributed by atoms with Crippen LogP contribution in [-0.2, 0) is 0 Å². The monoisotopic (exact) mass is 267 g/mol. The van der Waals surface area contributed by atoms with Crippen molar-refractivity contribution in [2.24, 2.45) is 0 Å². The normalized spacial score (nSPS) is 27.1. The first kappa shape index (κ1) is 13.9. The minimum absolute atomic E-state index is 0.426. The molecule has 1 aliphatic heterocycles. The number of rotatable bonds is 3. The zero-order valence-corrected chi connectivity index (χ0v) is 11.9. The van der Waals surface area contributed by atoms with Gasteiger partial charge in [0.2, 0.25) is 0 Å². The van der Waals surface area contributed by atoms with Gasteiger partial charge in [0.1, 0.15) is 0 Å². The van der Waals surface area contributed by atoms with Crippen molar-refractivity contribution in [1.29, 1.82) is 0 Å². The van der Waals surface area contributed by atoms with Crippen molar-refractivity contribution in [1.82, 2.24) is 4.90 Å². The summed E-state index contributed by atoms with van der Waals surface area (Å²) >= 11 is 5.86. The number of likely N-dealkylation sites (tertiary alicyclic amines) is 1. The highest BCUT2D eigenvalue weighted by Crippen LogP contribution is 2.26. The van der Waals surface area contributed by atoms with Crippen LogP contribution in [0.4, 0.5) is 0 Å². The molecular weight excluding hydrogens is 246 g/mol. The minimum Gasteiger partial charge on any atom is -0.387 e. The molecular formula is C15H22ClNO. The number of β-amino-alcohol motifs (C(OH)–C–C–N with tert-alkyl or cyclic N) is 1. The van der Waals surface area contributed by atoms with Gasteiger partial charge in [0, 0.05) is 23.7 Å². The van der Waals surface area contributed by atoms with Gasteiger partial charge in [0.15, 0.2) is 0 Å². The first-order chi connectivity index (χ1) is 8.58. The Hall–Kier alpha value is -0.570. The smallest absolute Gasteiger partial charge is 0.0917 e. The number of nitrogens with zero attached hydrogens (tertiary/aromatic N) is 1. The topological polar surface area (TPSA) is 23.5 Å². The molecule has 0 aliphatic carbocycles. The standard InChI is InChI=1S/C15H22ClNO/c1-11-4-3-5-12(2)17(11)10-15(18)13-6-8-14(16)9-7-13/h6-9,11-12,15,18H,3-5,10H2,1-2H3. The van der Waals surface area contributed by atoms with Crippen LogP contribution in [0.5, 0.6) is 0 Å². The third-order valence-corrected chi connectivity index (χ3v) is 4.27. The van der Waals surface area contributed by atoms with Crippen molar-refractivity contribution in [3.8, 4) is 0 Å². The molecule has 1 saturated heterocycles. The summed E-state index contributed by atoms with van der Waals surface area (Å²) in [4.78, 5) is 2.42. The predicted octanol–water partition coefficient (Wildman–Crippen LogP) is 3.64. The Bertz CT molecular complexity index is 369. The van der Waals surface area contributed by atoms with E-state index in [1.807, 2.05) is 24.3 Å². The maximum atomic E-state index is 10.3. The number of hydrogen-bond acceptors (Lipinski definition) is 2. The highest BCUT2D eigenvalue weighted by atomic mass is 35.5. The molecule has 100 valence electrons. The summed E-state index contributed by atoms with van der Waals surface area (Å²) in [5.41, 5.74) is 0.948.